The molecule has 2 atom stereocenters. The van der Waals surface area contributed by atoms with E-state index in [1.807, 2.05) is 24.3 Å². The van der Waals surface area contributed by atoms with Crippen molar-refractivity contribution < 1.29 is 19.9 Å². The fraction of sp³-hybridized carbons (Fsp3) is 0.167. The Morgan fingerprint density at radius 2 is 2.00 bits per heavy atom. The van der Waals surface area contributed by atoms with Gasteiger partial charge >= 0.3 is 5.97 Å². The number of nitrogens with zero attached hydrogens (tertiary/aromatic N) is 1. The first-order valence-corrected chi connectivity index (χ1v) is 8.01. The van der Waals surface area contributed by atoms with Crippen LogP contribution in [-0.2, 0) is 11.2 Å². The fourth-order valence-corrected chi connectivity index (χ4v) is 3.53. The number of aromatic nitrogens is 1. The highest BCUT2D eigenvalue weighted by atomic mass is 16.6. The van der Waals surface area contributed by atoms with Crippen LogP contribution in [0.25, 0.3) is 10.9 Å². The summed E-state index contributed by atoms with van der Waals surface area (Å²) < 4.78 is 0. The summed E-state index contributed by atoms with van der Waals surface area (Å²) >= 11 is 0. The average molecular weight is 353 g/mol. The number of benzene rings is 2. The second-order valence-electron chi connectivity index (χ2n) is 6.26. The molecule has 0 spiro atoms. The Labute approximate surface area is 147 Å². The first-order valence-electron chi connectivity index (χ1n) is 8.01. The van der Waals surface area contributed by atoms with Gasteiger partial charge in [-0.15, -0.1) is 0 Å². The van der Waals surface area contributed by atoms with Gasteiger partial charge in [0.15, 0.2) is 0 Å². The molecular formula is C18H15N3O5. The van der Waals surface area contributed by atoms with E-state index in [-0.39, 0.29) is 23.4 Å². The Balaban J connectivity index is 1.93. The standard InChI is InChI=1S/C18H15N3O5/c22-15-6-5-9(21(25)26)7-12(15)17-16-11(8-14(20-17)18(23)24)10-3-1-2-4-13(10)19-16/h1-7,14,17,19-20,22H,8H2,(H,23,24)/t14-,17+/m1/s1. The summed E-state index contributed by atoms with van der Waals surface area (Å²) in [5, 5.41) is 34.8. The maximum absolute atomic E-state index is 11.6. The fourth-order valence-electron chi connectivity index (χ4n) is 3.53. The summed E-state index contributed by atoms with van der Waals surface area (Å²) in [7, 11) is 0. The minimum absolute atomic E-state index is 0.135. The Morgan fingerprint density at radius 1 is 1.23 bits per heavy atom. The molecule has 0 saturated heterocycles. The summed E-state index contributed by atoms with van der Waals surface area (Å²) in [6, 6.07) is 9.68. The van der Waals surface area contributed by atoms with E-state index in [0.29, 0.717) is 5.69 Å². The van der Waals surface area contributed by atoms with Crippen LogP contribution in [-0.4, -0.2) is 32.1 Å². The predicted molar refractivity (Wildman–Crippen MR) is 93.2 cm³/mol. The molecule has 3 aromatic rings. The summed E-state index contributed by atoms with van der Waals surface area (Å²) in [6.45, 7) is 0. The minimum atomic E-state index is -1.02. The molecule has 1 aliphatic heterocycles. The zero-order valence-electron chi connectivity index (χ0n) is 13.5. The van der Waals surface area contributed by atoms with E-state index in [0.717, 1.165) is 16.5 Å². The van der Waals surface area contributed by atoms with Crippen LogP contribution in [0, 0.1) is 10.1 Å². The number of carboxylic acid groups (broad SMARTS) is 1. The lowest BCUT2D eigenvalue weighted by Crippen LogP contribution is -2.45. The first kappa shape index (κ1) is 16.1. The Kier molecular flexibility index (Phi) is 3.62. The van der Waals surface area contributed by atoms with E-state index in [9.17, 15) is 25.1 Å². The lowest BCUT2D eigenvalue weighted by molar-refractivity contribution is -0.385. The molecule has 1 aromatic heterocycles. The van der Waals surface area contributed by atoms with Crippen LogP contribution in [0.5, 0.6) is 5.75 Å². The summed E-state index contributed by atoms with van der Waals surface area (Å²) in [4.78, 5) is 25.4. The summed E-state index contributed by atoms with van der Waals surface area (Å²) in [6.07, 6.45) is 0.279. The third-order valence-electron chi connectivity index (χ3n) is 4.74. The molecule has 0 fully saturated rings. The van der Waals surface area contributed by atoms with E-state index in [1.54, 1.807) is 0 Å². The zero-order valence-corrected chi connectivity index (χ0v) is 13.5. The van der Waals surface area contributed by atoms with Gasteiger partial charge in [-0.3, -0.25) is 20.2 Å². The summed E-state index contributed by atoms with van der Waals surface area (Å²) in [5.41, 5.74) is 2.48. The molecule has 1 aliphatic rings. The maximum atomic E-state index is 11.6. The van der Waals surface area contributed by atoms with Crippen LogP contribution >= 0.6 is 0 Å². The highest BCUT2D eigenvalue weighted by molar-refractivity contribution is 5.87. The molecule has 2 aromatic carbocycles. The van der Waals surface area contributed by atoms with Gasteiger partial charge in [0.25, 0.3) is 5.69 Å². The van der Waals surface area contributed by atoms with Gasteiger partial charge in [0.05, 0.1) is 11.0 Å². The predicted octanol–water partition coefficient (Wildman–Crippen LogP) is 2.47. The highest BCUT2D eigenvalue weighted by Gasteiger charge is 2.35. The van der Waals surface area contributed by atoms with E-state index in [2.05, 4.69) is 10.3 Å². The second-order valence-corrected chi connectivity index (χ2v) is 6.26. The Morgan fingerprint density at radius 3 is 2.73 bits per heavy atom. The number of H-pyrrole nitrogens is 1. The maximum Gasteiger partial charge on any atom is 0.321 e. The van der Waals surface area contributed by atoms with Gasteiger partial charge in [-0.05, 0) is 17.7 Å². The molecule has 2 heterocycles. The number of hydrogen-bond acceptors (Lipinski definition) is 5. The SMILES string of the molecule is O=C(O)[C@H]1Cc2c([nH]c3ccccc23)[C@H](c2cc([N+](=O)[O-])ccc2O)N1. The largest absolute Gasteiger partial charge is 0.508 e. The van der Waals surface area contributed by atoms with Crippen molar-refractivity contribution in [1.29, 1.82) is 0 Å². The molecule has 8 nitrogen and oxygen atoms in total. The molecule has 0 bridgehead atoms. The van der Waals surface area contributed by atoms with Crippen molar-refractivity contribution in [3.8, 4) is 5.75 Å². The quantitative estimate of drug-likeness (QED) is 0.423. The van der Waals surface area contributed by atoms with Crippen molar-refractivity contribution in [1.82, 2.24) is 10.3 Å². The van der Waals surface area contributed by atoms with Gasteiger partial charge in [-0.2, -0.15) is 0 Å². The number of aromatic amines is 1. The van der Waals surface area contributed by atoms with Crippen LogP contribution in [0.4, 0.5) is 5.69 Å². The number of non-ortho nitro benzene ring substituents is 1. The van der Waals surface area contributed by atoms with Crippen LogP contribution in [0.2, 0.25) is 0 Å². The van der Waals surface area contributed by atoms with Crippen molar-refractivity contribution in [2.75, 3.05) is 0 Å². The van der Waals surface area contributed by atoms with E-state index >= 15 is 0 Å². The van der Waals surface area contributed by atoms with E-state index in [4.69, 9.17) is 0 Å². The van der Waals surface area contributed by atoms with Crippen LogP contribution < -0.4 is 5.32 Å². The lowest BCUT2D eigenvalue weighted by Gasteiger charge is -2.29. The minimum Gasteiger partial charge on any atom is -0.508 e. The molecular weight excluding hydrogens is 338 g/mol. The van der Waals surface area contributed by atoms with Crippen molar-refractivity contribution in [3.63, 3.8) is 0 Å². The number of carboxylic acids is 1. The van der Waals surface area contributed by atoms with Crippen LogP contribution in [0.3, 0.4) is 0 Å². The number of nitrogens with one attached hydrogen (secondary N) is 2. The molecule has 0 radical (unpaired) electrons. The number of fused-ring (bicyclic) bond motifs is 3. The second kappa shape index (κ2) is 5.85. The number of carbonyl (C=O) groups is 1. The third-order valence-corrected chi connectivity index (χ3v) is 4.74. The topological polar surface area (TPSA) is 128 Å². The molecule has 4 N–H and O–H groups in total. The molecule has 26 heavy (non-hydrogen) atoms. The average Bonchev–Trinajstić information content (AvgIpc) is 3.00. The molecule has 8 heteroatoms. The van der Waals surface area contributed by atoms with Gasteiger partial charge in [-0.25, -0.2) is 0 Å². The molecule has 0 amide bonds. The van der Waals surface area contributed by atoms with Crippen LogP contribution in [0.1, 0.15) is 22.9 Å². The van der Waals surface area contributed by atoms with Crippen LogP contribution in [0.15, 0.2) is 42.5 Å². The number of nitro groups is 1. The Hall–Kier alpha value is -3.39. The molecule has 0 aliphatic carbocycles. The van der Waals surface area contributed by atoms with E-state index < -0.39 is 23.0 Å². The van der Waals surface area contributed by atoms with Crippen molar-refractivity contribution >= 4 is 22.6 Å². The number of phenolic OH excluding ortho intramolecular Hbond substituents is 1. The van der Waals surface area contributed by atoms with Gasteiger partial charge in [0, 0.05) is 40.7 Å². The smallest absolute Gasteiger partial charge is 0.321 e. The molecule has 4 rings (SSSR count). The summed E-state index contributed by atoms with van der Waals surface area (Å²) in [5.74, 6) is -1.15. The molecule has 0 saturated carbocycles. The van der Waals surface area contributed by atoms with Gasteiger partial charge < -0.3 is 15.2 Å². The number of phenols is 1. The van der Waals surface area contributed by atoms with Gasteiger partial charge in [0.1, 0.15) is 11.8 Å². The number of aliphatic carboxylic acids is 1. The highest BCUT2D eigenvalue weighted by Crippen LogP contribution is 2.39. The van der Waals surface area contributed by atoms with Gasteiger partial charge in [0.2, 0.25) is 0 Å². The normalized spacial score (nSPS) is 19.2. The van der Waals surface area contributed by atoms with Crippen molar-refractivity contribution in [3.05, 3.63) is 69.4 Å². The van der Waals surface area contributed by atoms with E-state index in [1.165, 1.54) is 18.2 Å². The zero-order chi connectivity index (χ0) is 18.4. The molecule has 132 valence electrons. The number of rotatable bonds is 3. The number of hydrogen-bond donors (Lipinski definition) is 4. The number of aromatic hydroxyl groups is 1. The van der Waals surface area contributed by atoms with Gasteiger partial charge in [-0.1, -0.05) is 18.2 Å². The monoisotopic (exact) mass is 353 g/mol. The number of nitro benzene ring substituents is 1. The lowest BCUT2D eigenvalue weighted by atomic mass is 9.90. The first-order chi connectivity index (χ1) is 12.5. The number of para-hydroxylation sites is 1. The molecule has 0 unspecified atom stereocenters. The third kappa shape index (κ3) is 2.47. The van der Waals surface area contributed by atoms with Crippen molar-refractivity contribution in [2.45, 2.75) is 18.5 Å². The Bertz CT molecular complexity index is 1040. The van der Waals surface area contributed by atoms with Crippen molar-refractivity contribution in [2.24, 2.45) is 0 Å².